The molecule has 0 fully saturated rings. The number of nitrogens with zero attached hydrogens (tertiary/aromatic N) is 2. The summed E-state index contributed by atoms with van der Waals surface area (Å²) >= 11 is 5.79. The molecular formula is C16H11ClF3N3O2S. The van der Waals surface area contributed by atoms with Gasteiger partial charge < -0.3 is 0 Å². The van der Waals surface area contributed by atoms with Crippen LogP contribution in [0.3, 0.4) is 0 Å². The normalized spacial score (nSPS) is 12.2. The molecule has 136 valence electrons. The van der Waals surface area contributed by atoms with Crippen LogP contribution in [0.5, 0.6) is 0 Å². The fourth-order valence-electron chi connectivity index (χ4n) is 2.18. The standard InChI is InChI=1S/C16H11ClF3N3O2S/c17-12-8-6-11(7-9-12)14-10-15(16(18,19)20)21-23(14)22-26(24,25)13-4-2-1-3-5-13/h1-10,22H. The summed E-state index contributed by atoms with van der Waals surface area (Å²) in [6.45, 7) is 0. The Kier molecular flexibility index (Phi) is 4.68. The van der Waals surface area contributed by atoms with E-state index in [9.17, 15) is 21.6 Å². The van der Waals surface area contributed by atoms with Crippen LogP contribution in [0.15, 0.2) is 65.6 Å². The minimum absolute atomic E-state index is 0.0755. The Morgan fingerprint density at radius 2 is 1.62 bits per heavy atom. The molecule has 1 heterocycles. The molecule has 0 radical (unpaired) electrons. The van der Waals surface area contributed by atoms with Gasteiger partial charge in [-0.25, -0.2) is 0 Å². The molecule has 0 atom stereocenters. The fourth-order valence-corrected chi connectivity index (χ4v) is 3.30. The SMILES string of the molecule is O=S(=O)(Nn1nc(C(F)(F)F)cc1-c1ccc(Cl)cc1)c1ccccc1. The molecule has 1 N–H and O–H groups in total. The lowest BCUT2D eigenvalue weighted by Crippen LogP contribution is -2.25. The van der Waals surface area contributed by atoms with E-state index in [2.05, 4.69) is 9.93 Å². The van der Waals surface area contributed by atoms with Gasteiger partial charge in [0, 0.05) is 10.6 Å². The van der Waals surface area contributed by atoms with Crippen LogP contribution in [-0.2, 0) is 16.2 Å². The zero-order valence-electron chi connectivity index (χ0n) is 12.9. The van der Waals surface area contributed by atoms with Crippen LogP contribution in [-0.4, -0.2) is 18.3 Å². The van der Waals surface area contributed by atoms with Gasteiger partial charge in [0.2, 0.25) is 0 Å². The van der Waals surface area contributed by atoms with Crippen molar-refractivity contribution in [3.05, 3.63) is 71.4 Å². The second-order valence-corrected chi connectivity index (χ2v) is 7.34. The molecule has 2 aromatic carbocycles. The van der Waals surface area contributed by atoms with Crippen LogP contribution in [0.2, 0.25) is 5.02 Å². The summed E-state index contributed by atoms with van der Waals surface area (Å²) in [5.41, 5.74) is -0.986. The number of hydrogen-bond acceptors (Lipinski definition) is 3. The van der Waals surface area contributed by atoms with Gasteiger partial charge in [-0.3, -0.25) is 0 Å². The highest BCUT2D eigenvalue weighted by Gasteiger charge is 2.35. The van der Waals surface area contributed by atoms with E-state index in [4.69, 9.17) is 11.6 Å². The molecule has 0 bridgehead atoms. The second-order valence-electron chi connectivity index (χ2n) is 5.24. The summed E-state index contributed by atoms with van der Waals surface area (Å²) in [6.07, 6.45) is -4.73. The van der Waals surface area contributed by atoms with Gasteiger partial charge in [-0.2, -0.15) is 31.2 Å². The van der Waals surface area contributed by atoms with Crippen LogP contribution >= 0.6 is 11.6 Å². The summed E-state index contributed by atoms with van der Waals surface area (Å²) in [7, 11) is -4.13. The molecule has 0 saturated carbocycles. The topological polar surface area (TPSA) is 64.0 Å². The lowest BCUT2D eigenvalue weighted by atomic mass is 10.1. The first-order valence-electron chi connectivity index (χ1n) is 7.18. The molecule has 0 aliphatic heterocycles. The van der Waals surface area contributed by atoms with Crippen molar-refractivity contribution in [2.45, 2.75) is 11.1 Å². The van der Waals surface area contributed by atoms with E-state index < -0.39 is 21.9 Å². The van der Waals surface area contributed by atoms with Crippen molar-refractivity contribution in [2.24, 2.45) is 0 Å². The summed E-state index contributed by atoms with van der Waals surface area (Å²) in [5.74, 6) is 0. The number of halogens is 4. The first-order valence-corrected chi connectivity index (χ1v) is 9.04. The molecule has 3 rings (SSSR count). The van der Waals surface area contributed by atoms with E-state index >= 15 is 0 Å². The predicted octanol–water partition coefficient (Wildman–Crippen LogP) is 4.15. The summed E-state index contributed by atoms with van der Waals surface area (Å²) in [6, 6.07) is 13.9. The third-order valence-electron chi connectivity index (χ3n) is 3.40. The Morgan fingerprint density at radius 1 is 1.00 bits per heavy atom. The van der Waals surface area contributed by atoms with Gasteiger partial charge in [-0.1, -0.05) is 41.9 Å². The summed E-state index contributed by atoms with van der Waals surface area (Å²) in [4.78, 5) is 2.54. The number of nitrogens with one attached hydrogen (secondary N) is 1. The van der Waals surface area contributed by atoms with E-state index in [1.807, 2.05) is 0 Å². The van der Waals surface area contributed by atoms with Gasteiger partial charge in [0.25, 0.3) is 10.0 Å². The highest BCUT2D eigenvalue weighted by Crippen LogP contribution is 2.32. The maximum atomic E-state index is 13.0. The van der Waals surface area contributed by atoms with Crippen LogP contribution in [0.4, 0.5) is 13.2 Å². The molecule has 0 spiro atoms. The zero-order chi connectivity index (χ0) is 18.9. The minimum atomic E-state index is -4.73. The molecule has 1 aromatic heterocycles. The zero-order valence-corrected chi connectivity index (χ0v) is 14.5. The van der Waals surface area contributed by atoms with Crippen molar-refractivity contribution in [3.8, 4) is 11.3 Å². The summed E-state index contributed by atoms with van der Waals surface area (Å²) < 4.78 is 64.0. The minimum Gasteiger partial charge on any atom is -0.200 e. The maximum Gasteiger partial charge on any atom is 0.435 e. The molecular weight excluding hydrogens is 391 g/mol. The Bertz CT molecular complexity index is 1020. The Labute approximate surface area is 152 Å². The van der Waals surface area contributed by atoms with Gasteiger partial charge in [0.1, 0.15) is 0 Å². The number of rotatable bonds is 4. The first-order chi connectivity index (χ1) is 12.2. The third-order valence-corrected chi connectivity index (χ3v) is 4.96. The summed E-state index contributed by atoms with van der Waals surface area (Å²) in [5, 5.41) is 3.75. The number of aromatic nitrogens is 2. The quantitative estimate of drug-likeness (QED) is 0.714. The van der Waals surface area contributed by atoms with Crippen LogP contribution in [0.1, 0.15) is 5.69 Å². The molecule has 5 nitrogen and oxygen atoms in total. The fraction of sp³-hybridized carbons (Fsp3) is 0.0625. The number of sulfonamides is 1. The second kappa shape index (κ2) is 6.65. The monoisotopic (exact) mass is 401 g/mol. The van der Waals surface area contributed by atoms with Gasteiger partial charge in [-0.05, 0) is 30.3 Å². The van der Waals surface area contributed by atoms with Crippen molar-refractivity contribution < 1.29 is 21.6 Å². The van der Waals surface area contributed by atoms with Gasteiger partial charge >= 0.3 is 6.18 Å². The Morgan fingerprint density at radius 3 is 2.19 bits per heavy atom. The lowest BCUT2D eigenvalue weighted by Gasteiger charge is -2.11. The van der Waals surface area contributed by atoms with Crippen molar-refractivity contribution in [3.63, 3.8) is 0 Å². The van der Waals surface area contributed by atoms with Crippen LogP contribution in [0, 0.1) is 0 Å². The number of benzene rings is 2. The molecule has 10 heteroatoms. The molecule has 0 aliphatic rings. The molecule has 26 heavy (non-hydrogen) atoms. The van der Waals surface area contributed by atoms with E-state index in [-0.39, 0.29) is 10.6 Å². The van der Waals surface area contributed by atoms with E-state index in [0.29, 0.717) is 15.4 Å². The van der Waals surface area contributed by atoms with Gasteiger partial charge in [0.15, 0.2) is 5.69 Å². The van der Waals surface area contributed by atoms with E-state index in [1.54, 1.807) is 6.07 Å². The lowest BCUT2D eigenvalue weighted by molar-refractivity contribution is -0.141. The Hall–Kier alpha value is -2.52. The van der Waals surface area contributed by atoms with Gasteiger partial charge in [-0.15, -0.1) is 5.10 Å². The van der Waals surface area contributed by atoms with E-state index in [1.165, 1.54) is 48.5 Å². The van der Waals surface area contributed by atoms with Crippen LogP contribution in [0.25, 0.3) is 11.3 Å². The molecule has 0 unspecified atom stereocenters. The maximum absolute atomic E-state index is 13.0. The van der Waals surface area contributed by atoms with Crippen molar-refractivity contribution in [2.75, 3.05) is 4.83 Å². The number of hydrogen-bond donors (Lipinski definition) is 1. The van der Waals surface area contributed by atoms with Crippen molar-refractivity contribution in [1.82, 2.24) is 9.89 Å². The van der Waals surface area contributed by atoms with Gasteiger partial charge in [0.05, 0.1) is 10.6 Å². The number of alkyl halides is 3. The molecule has 0 saturated heterocycles. The highest BCUT2D eigenvalue weighted by molar-refractivity contribution is 7.92. The van der Waals surface area contributed by atoms with Crippen molar-refractivity contribution >= 4 is 21.6 Å². The third kappa shape index (κ3) is 3.83. The first kappa shape index (κ1) is 18.3. The Balaban J connectivity index is 2.08. The molecule has 0 amide bonds. The average molecular weight is 402 g/mol. The van der Waals surface area contributed by atoms with E-state index in [0.717, 1.165) is 6.07 Å². The average Bonchev–Trinajstić information content (AvgIpc) is 3.00. The highest BCUT2D eigenvalue weighted by atomic mass is 35.5. The smallest absolute Gasteiger partial charge is 0.200 e. The molecule has 3 aromatic rings. The van der Waals surface area contributed by atoms with Crippen LogP contribution < -0.4 is 4.83 Å². The molecule has 0 aliphatic carbocycles. The predicted molar refractivity (Wildman–Crippen MR) is 90.7 cm³/mol. The largest absolute Gasteiger partial charge is 0.435 e. The van der Waals surface area contributed by atoms with Crippen molar-refractivity contribution in [1.29, 1.82) is 0 Å².